The van der Waals surface area contributed by atoms with E-state index in [1.165, 1.54) is 12.1 Å². The van der Waals surface area contributed by atoms with Crippen LogP contribution in [-0.4, -0.2) is 21.4 Å². The molecule has 1 aromatic heterocycles. The van der Waals surface area contributed by atoms with Gasteiger partial charge in [-0.25, -0.2) is 4.68 Å². The molecule has 0 aliphatic carbocycles. The monoisotopic (exact) mass is 301 g/mol. The van der Waals surface area contributed by atoms with Gasteiger partial charge in [-0.15, -0.1) is 0 Å². The smallest absolute Gasteiger partial charge is 0.416 e. The number of nitrogens with two attached hydrogens (primary N) is 1. The Morgan fingerprint density at radius 3 is 2.67 bits per heavy atom. The Labute approximate surface area is 117 Å². The number of aromatic hydroxyl groups is 1. The van der Waals surface area contributed by atoms with Gasteiger partial charge in [-0.2, -0.15) is 13.2 Å². The first-order valence-electron chi connectivity index (χ1n) is 6.25. The molecule has 2 rings (SSSR count). The Bertz CT molecular complexity index is 689. The fourth-order valence-electron chi connectivity index (χ4n) is 1.97. The predicted molar refractivity (Wildman–Crippen MR) is 70.4 cm³/mol. The van der Waals surface area contributed by atoms with Crippen molar-refractivity contribution in [3.63, 3.8) is 0 Å². The summed E-state index contributed by atoms with van der Waals surface area (Å²) in [4.78, 5) is 11.7. The van der Waals surface area contributed by atoms with E-state index in [0.717, 1.165) is 16.8 Å². The molecule has 0 amide bonds. The maximum Gasteiger partial charge on any atom is 0.416 e. The van der Waals surface area contributed by atoms with Gasteiger partial charge in [0.05, 0.1) is 16.8 Å². The summed E-state index contributed by atoms with van der Waals surface area (Å²) < 4.78 is 39.0. The lowest BCUT2D eigenvalue weighted by Crippen LogP contribution is -2.10. The molecule has 114 valence electrons. The summed E-state index contributed by atoms with van der Waals surface area (Å²) in [5.74, 6) is -0.396. The Kier molecular flexibility index (Phi) is 4.08. The van der Waals surface area contributed by atoms with Gasteiger partial charge in [0.2, 0.25) is 5.88 Å². The normalized spacial score (nSPS) is 11.8. The lowest BCUT2D eigenvalue weighted by atomic mass is 10.2. The number of aromatic nitrogens is 2. The molecule has 0 fully saturated rings. The highest BCUT2D eigenvalue weighted by Crippen LogP contribution is 2.31. The second kappa shape index (κ2) is 5.65. The molecule has 0 atom stereocenters. The number of halogens is 3. The van der Waals surface area contributed by atoms with E-state index in [4.69, 9.17) is 5.73 Å². The van der Waals surface area contributed by atoms with Crippen LogP contribution in [0.5, 0.6) is 5.88 Å². The number of hydrogen-bond acceptors (Lipinski definition) is 3. The van der Waals surface area contributed by atoms with E-state index in [1.54, 1.807) is 0 Å². The molecule has 0 bridgehead atoms. The molecule has 2 aromatic rings. The van der Waals surface area contributed by atoms with Crippen LogP contribution in [0.1, 0.15) is 17.5 Å². The van der Waals surface area contributed by atoms with Crippen molar-refractivity contribution in [2.24, 2.45) is 5.73 Å². The van der Waals surface area contributed by atoms with E-state index >= 15 is 0 Å². The summed E-state index contributed by atoms with van der Waals surface area (Å²) in [5.41, 5.74) is 4.07. The second-order valence-electron chi connectivity index (χ2n) is 4.52. The molecule has 1 heterocycles. The van der Waals surface area contributed by atoms with Crippen molar-refractivity contribution in [1.82, 2.24) is 9.78 Å². The highest BCUT2D eigenvalue weighted by molar-refractivity contribution is 5.41. The lowest BCUT2D eigenvalue weighted by Gasteiger charge is -2.09. The van der Waals surface area contributed by atoms with E-state index in [9.17, 15) is 23.1 Å². The fraction of sp³-hybridized carbons (Fsp3) is 0.308. The third-order valence-electron chi connectivity index (χ3n) is 3.03. The summed E-state index contributed by atoms with van der Waals surface area (Å²) >= 11 is 0. The van der Waals surface area contributed by atoms with Crippen LogP contribution in [0, 0.1) is 0 Å². The van der Waals surface area contributed by atoms with Gasteiger partial charge in [-0.3, -0.25) is 9.89 Å². The molecular formula is C13H14F3N3O2. The van der Waals surface area contributed by atoms with Gasteiger partial charge in [0, 0.05) is 0 Å². The molecule has 0 saturated heterocycles. The molecule has 21 heavy (non-hydrogen) atoms. The summed E-state index contributed by atoms with van der Waals surface area (Å²) in [6.45, 7) is 0.341. The van der Waals surface area contributed by atoms with Crippen LogP contribution in [-0.2, 0) is 12.6 Å². The van der Waals surface area contributed by atoms with Crippen LogP contribution >= 0.6 is 0 Å². The topological polar surface area (TPSA) is 84.0 Å². The zero-order chi connectivity index (χ0) is 15.6. The maximum absolute atomic E-state index is 12.7. The molecule has 4 N–H and O–H groups in total. The predicted octanol–water partition coefficient (Wildman–Crippen LogP) is 1.78. The summed E-state index contributed by atoms with van der Waals surface area (Å²) in [6.07, 6.45) is -3.76. The van der Waals surface area contributed by atoms with Gasteiger partial charge in [-0.1, -0.05) is 6.07 Å². The molecule has 0 aliphatic heterocycles. The summed E-state index contributed by atoms with van der Waals surface area (Å²) in [6, 6.07) is 4.33. The average Bonchev–Trinajstić information content (AvgIpc) is 2.71. The van der Waals surface area contributed by atoms with Crippen molar-refractivity contribution >= 4 is 0 Å². The Balaban J connectivity index is 2.46. The van der Waals surface area contributed by atoms with Crippen LogP contribution < -0.4 is 11.3 Å². The summed E-state index contributed by atoms with van der Waals surface area (Å²) in [5, 5.41) is 12.3. The van der Waals surface area contributed by atoms with Crippen molar-refractivity contribution in [3.8, 4) is 11.6 Å². The summed E-state index contributed by atoms with van der Waals surface area (Å²) in [7, 11) is 0. The standard InChI is InChI=1S/C13H14F3N3O2/c14-13(15,16)8-3-1-4-9(7-8)19-12(21)10(5-2-6-17)11(20)18-19/h1,3-4,7,21H,2,5-6,17H2,(H,18,20). The van der Waals surface area contributed by atoms with Gasteiger partial charge in [-0.05, 0) is 37.6 Å². The molecule has 0 unspecified atom stereocenters. The third kappa shape index (κ3) is 3.10. The third-order valence-corrected chi connectivity index (χ3v) is 3.03. The fourth-order valence-corrected chi connectivity index (χ4v) is 1.97. The molecule has 5 nitrogen and oxygen atoms in total. The first-order valence-corrected chi connectivity index (χ1v) is 6.25. The number of rotatable bonds is 4. The minimum absolute atomic E-state index is 0.0263. The van der Waals surface area contributed by atoms with Crippen molar-refractivity contribution < 1.29 is 18.3 Å². The van der Waals surface area contributed by atoms with Crippen LogP contribution in [0.2, 0.25) is 0 Å². The first-order chi connectivity index (χ1) is 9.84. The van der Waals surface area contributed by atoms with E-state index in [2.05, 4.69) is 5.10 Å². The van der Waals surface area contributed by atoms with Gasteiger partial charge < -0.3 is 10.8 Å². The minimum atomic E-state index is -4.50. The number of nitrogens with zero attached hydrogens (tertiary/aromatic N) is 1. The van der Waals surface area contributed by atoms with E-state index < -0.39 is 23.2 Å². The number of hydrogen-bond donors (Lipinski definition) is 3. The van der Waals surface area contributed by atoms with Crippen molar-refractivity contribution in [3.05, 3.63) is 45.7 Å². The average molecular weight is 301 g/mol. The molecule has 0 spiro atoms. The van der Waals surface area contributed by atoms with Gasteiger partial charge in [0.1, 0.15) is 0 Å². The number of H-pyrrole nitrogens is 1. The first kappa shape index (κ1) is 15.2. The van der Waals surface area contributed by atoms with Gasteiger partial charge in [0.15, 0.2) is 0 Å². The molecule has 0 radical (unpaired) electrons. The molecule has 0 aliphatic rings. The van der Waals surface area contributed by atoms with Gasteiger partial charge in [0.25, 0.3) is 5.56 Å². The van der Waals surface area contributed by atoms with Gasteiger partial charge >= 0.3 is 6.18 Å². The van der Waals surface area contributed by atoms with Crippen LogP contribution in [0.3, 0.4) is 0 Å². The Morgan fingerprint density at radius 1 is 1.33 bits per heavy atom. The van der Waals surface area contributed by atoms with Crippen LogP contribution in [0.4, 0.5) is 13.2 Å². The number of alkyl halides is 3. The molecular weight excluding hydrogens is 287 g/mol. The highest BCUT2D eigenvalue weighted by atomic mass is 19.4. The maximum atomic E-state index is 12.7. The van der Waals surface area contributed by atoms with E-state index in [1.807, 2.05) is 0 Å². The molecule has 0 saturated carbocycles. The number of benzene rings is 1. The molecule has 8 heteroatoms. The SMILES string of the molecule is NCCCc1c(O)n(-c2cccc(C(F)(F)F)c2)[nH]c1=O. The number of nitrogens with one attached hydrogen (secondary N) is 1. The quantitative estimate of drug-likeness (QED) is 0.805. The Hall–Kier alpha value is -2.22. The van der Waals surface area contributed by atoms with Crippen molar-refractivity contribution in [2.75, 3.05) is 6.54 Å². The second-order valence-corrected chi connectivity index (χ2v) is 4.52. The minimum Gasteiger partial charge on any atom is -0.493 e. The lowest BCUT2D eigenvalue weighted by molar-refractivity contribution is -0.137. The van der Waals surface area contributed by atoms with Crippen LogP contribution in [0.15, 0.2) is 29.1 Å². The van der Waals surface area contributed by atoms with E-state index in [0.29, 0.717) is 13.0 Å². The van der Waals surface area contributed by atoms with Crippen molar-refractivity contribution in [1.29, 1.82) is 0 Å². The largest absolute Gasteiger partial charge is 0.493 e. The zero-order valence-electron chi connectivity index (χ0n) is 10.9. The van der Waals surface area contributed by atoms with Crippen LogP contribution in [0.25, 0.3) is 5.69 Å². The molecule has 1 aromatic carbocycles. The zero-order valence-corrected chi connectivity index (χ0v) is 10.9. The van der Waals surface area contributed by atoms with E-state index in [-0.39, 0.29) is 17.7 Å². The number of aromatic amines is 1. The van der Waals surface area contributed by atoms with Crippen molar-refractivity contribution in [2.45, 2.75) is 19.0 Å². The highest BCUT2D eigenvalue weighted by Gasteiger charge is 2.30. The Morgan fingerprint density at radius 2 is 2.05 bits per heavy atom.